The van der Waals surface area contributed by atoms with Gasteiger partial charge in [-0.05, 0) is 17.1 Å². The largest absolute Gasteiger partial charge is 0.504 e. The minimum atomic E-state index is -4.93. The molecule has 0 amide bonds. The van der Waals surface area contributed by atoms with E-state index in [0.717, 1.165) is 12.1 Å². The molecule has 14 heteroatoms. The predicted octanol–water partition coefficient (Wildman–Crippen LogP) is 1.02. The van der Waals surface area contributed by atoms with Crippen molar-refractivity contribution in [2.45, 2.75) is 12.2 Å². The number of hydrogen-bond donors (Lipinski definition) is 4. The smallest absolute Gasteiger partial charge is 0.453 e. The van der Waals surface area contributed by atoms with Gasteiger partial charge in [-0.25, -0.2) is 4.68 Å². The number of alkyl halides is 3. The van der Waals surface area contributed by atoms with Crippen LogP contribution in [0.5, 0.6) is 17.2 Å². The van der Waals surface area contributed by atoms with Crippen molar-refractivity contribution in [3.05, 3.63) is 33.6 Å². The van der Waals surface area contributed by atoms with Gasteiger partial charge in [0.15, 0.2) is 17.5 Å². The van der Waals surface area contributed by atoms with Crippen LogP contribution in [0.4, 0.5) is 19.1 Å². The first-order valence-corrected chi connectivity index (χ1v) is 6.36. The van der Waals surface area contributed by atoms with Crippen LogP contribution in [0, 0.1) is 10.1 Å². The molecule has 1 aromatic heterocycles. The molecule has 0 fully saturated rings. The van der Waals surface area contributed by atoms with Crippen molar-refractivity contribution in [1.82, 2.24) is 14.8 Å². The van der Waals surface area contributed by atoms with Gasteiger partial charge >= 0.3 is 12.0 Å². The molecule has 0 bridgehead atoms. The number of aromatic nitrogens is 3. The summed E-state index contributed by atoms with van der Waals surface area (Å²) in [7, 11) is 0. The zero-order chi connectivity index (χ0) is 18.5. The van der Waals surface area contributed by atoms with E-state index < -0.39 is 57.6 Å². The summed E-state index contributed by atoms with van der Waals surface area (Å²) in [6.45, 7) is 0. The third kappa shape index (κ3) is 2.52. The molecule has 0 radical (unpaired) electrons. The lowest BCUT2D eigenvalue weighted by Gasteiger charge is -2.19. The zero-order valence-electron chi connectivity index (χ0n) is 11.8. The normalized spacial score (nSPS) is 16.8. The van der Waals surface area contributed by atoms with E-state index in [9.17, 15) is 38.6 Å². The molecule has 3 rings (SSSR count). The number of halogens is 3. The Labute approximate surface area is 134 Å². The third-order valence-electron chi connectivity index (χ3n) is 3.29. The number of anilines is 1. The second kappa shape index (κ2) is 5.22. The Morgan fingerprint density at radius 1 is 1.24 bits per heavy atom. The monoisotopic (exact) mass is 360 g/mol. The van der Waals surface area contributed by atoms with E-state index in [1.54, 1.807) is 0 Å². The summed E-state index contributed by atoms with van der Waals surface area (Å²) in [4.78, 5) is 13.3. The van der Waals surface area contributed by atoms with Gasteiger partial charge in [0.2, 0.25) is 5.75 Å². The lowest BCUT2D eigenvalue weighted by atomic mass is 10.0. The van der Waals surface area contributed by atoms with Gasteiger partial charge in [0, 0.05) is 5.56 Å². The Hall–Kier alpha value is -3.58. The fraction of sp³-hybridized carbons (Fsp3) is 0.182. The molecular formula is C11H7F3N6O5. The molecule has 2 aromatic rings. The molecule has 4 N–H and O–H groups in total. The average Bonchev–Trinajstić information content (AvgIpc) is 2.96. The van der Waals surface area contributed by atoms with Crippen LogP contribution in [0.15, 0.2) is 17.2 Å². The second-order valence-electron chi connectivity index (χ2n) is 4.81. The van der Waals surface area contributed by atoms with Crippen LogP contribution in [-0.2, 0) is 6.18 Å². The Kier molecular flexibility index (Phi) is 3.40. The number of hydrazone groups is 1. The first-order chi connectivity index (χ1) is 11.6. The van der Waals surface area contributed by atoms with E-state index in [1.165, 1.54) is 0 Å². The van der Waals surface area contributed by atoms with Gasteiger partial charge in [0.05, 0.1) is 5.10 Å². The number of phenols is 3. The summed E-state index contributed by atoms with van der Waals surface area (Å²) in [6.07, 6.45) is -4.93. The quantitative estimate of drug-likeness (QED) is 0.333. The highest BCUT2D eigenvalue weighted by atomic mass is 19.4. The molecule has 0 aliphatic carbocycles. The fourth-order valence-electron chi connectivity index (χ4n) is 2.19. The van der Waals surface area contributed by atoms with Crippen molar-refractivity contribution in [2.24, 2.45) is 5.10 Å². The Morgan fingerprint density at radius 3 is 2.52 bits per heavy atom. The number of nitrogens with zero attached hydrogens (tertiary/aromatic N) is 5. The van der Waals surface area contributed by atoms with Crippen molar-refractivity contribution in [3.8, 4) is 17.2 Å². The van der Waals surface area contributed by atoms with Crippen LogP contribution >= 0.6 is 0 Å². The lowest BCUT2D eigenvalue weighted by molar-refractivity contribution is -0.355. The minimum absolute atomic E-state index is 0.410. The number of phenolic OH excluding ortho intramolecular Hbond substituents is 3. The number of aromatic hydroxyl groups is 3. The van der Waals surface area contributed by atoms with E-state index in [4.69, 9.17) is 0 Å². The van der Waals surface area contributed by atoms with Crippen LogP contribution in [-0.4, -0.2) is 40.8 Å². The van der Waals surface area contributed by atoms with Crippen molar-refractivity contribution in [2.75, 3.05) is 5.43 Å². The standard InChI is InChI=1S/C11H7F3N6O5/c12-11(13,14)9-15-10-17-16-8(20(24)25)5(19(10)18-9)3-1-2-4(21)7(23)6(3)22/h1-2,5,21-23H,(H,15,17,18). The summed E-state index contributed by atoms with van der Waals surface area (Å²) in [6, 6.07) is 0.130. The minimum Gasteiger partial charge on any atom is -0.504 e. The van der Waals surface area contributed by atoms with E-state index >= 15 is 0 Å². The second-order valence-corrected chi connectivity index (χ2v) is 4.81. The highest BCUT2D eigenvalue weighted by Crippen LogP contribution is 2.42. The molecular weight excluding hydrogens is 353 g/mol. The molecule has 11 nitrogen and oxygen atoms in total. The first kappa shape index (κ1) is 16.3. The van der Waals surface area contributed by atoms with Gasteiger partial charge in [-0.1, -0.05) is 0 Å². The van der Waals surface area contributed by atoms with E-state index in [-0.39, 0.29) is 0 Å². The van der Waals surface area contributed by atoms with E-state index in [2.05, 4.69) is 15.2 Å². The maximum absolute atomic E-state index is 12.8. The molecule has 1 unspecified atom stereocenters. The molecule has 0 saturated carbocycles. The van der Waals surface area contributed by atoms with Gasteiger partial charge < -0.3 is 25.4 Å². The molecule has 1 aliphatic heterocycles. The lowest BCUT2D eigenvalue weighted by Crippen LogP contribution is -2.33. The molecule has 1 atom stereocenters. The fourth-order valence-corrected chi connectivity index (χ4v) is 2.19. The number of fused-ring (bicyclic) bond motifs is 1. The van der Waals surface area contributed by atoms with Gasteiger partial charge in [-0.2, -0.15) is 18.2 Å². The highest BCUT2D eigenvalue weighted by molar-refractivity contribution is 5.85. The predicted molar refractivity (Wildman–Crippen MR) is 72.7 cm³/mol. The number of benzene rings is 1. The summed E-state index contributed by atoms with van der Waals surface area (Å²) >= 11 is 0. The number of rotatable bonds is 1. The SMILES string of the molecule is O=[N+]([O-])C1=NNc2nc(C(F)(F)F)nn2C1c1ccc(O)c(O)c1O. The number of amidine groups is 1. The highest BCUT2D eigenvalue weighted by Gasteiger charge is 2.44. The topological polar surface area (TPSA) is 159 Å². The molecule has 132 valence electrons. The number of hydrogen-bond acceptors (Lipinski definition) is 9. The summed E-state index contributed by atoms with van der Waals surface area (Å²) in [5, 5.41) is 46.5. The third-order valence-corrected chi connectivity index (χ3v) is 3.29. The molecule has 2 heterocycles. The summed E-state index contributed by atoms with van der Waals surface area (Å²) in [5.74, 6) is -5.76. The van der Waals surface area contributed by atoms with Crippen LogP contribution in [0.3, 0.4) is 0 Å². The number of nitro groups is 1. The van der Waals surface area contributed by atoms with Gasteiger partial charge in [-0.15, -0.1) is 10.5 Å². The molecule has 1 aromatic carbocycles. The number of nitrogens with one attached hydrogen (secondary N) is 1. The van der Waals surface area contributed by atoms with Crippen molar-refractivity contribution < 1.29 is 33.4 Å². The first-order valence-electron chi connectivity index (χ1n) is 6.36. The van der Waals surface area contributed by atoms with Crippen LogP contribution in [0.25, 0.3) is 0 Å². The van der Waals surface area contributed by atoms with Gasteiger partial charge in [0.1, 0.15) is 0 Å². The van der Waals surface area contributed by atoms with E-state index in [0.29, 0.717) is 4.68 Å². The van der Waals surface area contributed by atoms with Crippen LogP contribution < -0.4 is 5.43 Å². The van der Waals surface area contributed by atoms with Crippen LogP contribution in [0.2, 0.25) is 0 Å². The molecule has 0 spiro atoms. The maximum atomic E-state index is 12.8. The van der Waals surface area contributed by atoms with Crippen molar-refractivity contribution in [1.29, 1.82) is 0 Å². The van der Waals surface area contributed by atoms with Gasteiger partial charge in [0.25, 0.3) is 11.8 Å². The molecule has 25 heavy (non-hydrogen) atoms. The summed E-state index contributed by atoms with van der Waals surface area (Å²) in [5.41, 5.74) is 1.56. The average molecular weight is 360 g/mol. The Morgan fingerprint density at radius 2 is 1.92 bits per heavy atom. The van der Waals surface area contributed by atoms with E-state index in [1.807, 2.05) is 5.43 Å². The zero-order valence-corrected chi connectivity index (χ0v) is 11.8. The maximum Gasteiger partial charge on any atom is 0.453 e. The van der Waals surface area contributed by atoms with Crippen molar-refractivity contribution >= 4 is 11.8 Å². The summed E-state index contributed by atoms with van der Waals surface area (Å²) < 4.78 is 38.9. The van der Waals surface area contributed by atoms with Crippen molar-refractivity contribution in [3.63, 3.8) is 0 Å². The Bertz CT molecular complexity index is 908. The molecule has 1 aliphatic rings. The van der Waals surface area contributed by atoms with Crippen LogP contribution in [0.1, 0.15) is 17.4 Å². The molecule has 0 saturated heterocycles. The van der Waals surface area contributed by atoms with Gasteiger partial charge in [-0.3, -0.25) is 0 Å². The Balaban J connectivity index is 2.23.